The van der Waals surface area contributed by atoms with Crippen LogP contribution < -0.4 is 5.32 Å². The molecule has 7 nitrogen and oxygen atoms in total. The van der Waals surface area contributed by atoms with E-state index in [0.717, 1.165) is 23.0 Å². The number of hydrogen-bond donors (Lipinski definition) is 2. The Balaban J connectivity index is 1.29. The van der Waals surface area contributed by atoms with Gasteiger partial charge in [-0.2, -0.15) is 18.3 Å². The molecule has 10 heteroatoms. The van der Waals surface area contributed by atoms with Crippen LogP contribution in [0.5, 0.6) is 0 Å². The molecule has 0 saturated carbocycles. The molecule has 2 aromatic carbocycles. The van der Waals surface area contributed by atoms with Gasteiger partial charge in [0.1, 0.15) is 0 Å². The first-order valence-corrected chi connectivity index (χ1v) is 9.73. The highest BCUT2D eigenvalue weighted by molar-refractivity contribution is 6.04. The highest BCUT2D eigenvalue weighted by Crippen LogP contribution is 2.29. The smallest absolute Gasteiger partial charge is 0.335 e. The molecule has 1 aliphatic rings. The largest absolute Gasteiger partial charge is 0.416 e. The van der Waals surface area contributed by atoms with Gasteiger partial charge >= 0.3 is 6.18 Å². The maximum atomic E-state index is 12.8. The zero-order chi connectivity index (χ0) is 22.0. The van der Waals surface area contributed by atoms with E-state index >= 15 is 0 Å². The Morgan fingerprint density at radius 3 is 2.35 bits per heavy atom. The SMILES string of the molecule is O=C(CN1CCN(C(=O)c2n[nH]c3ccccc23)CC1)Nc1ccc(C(F)(F)F)cc1. The number of aromatic amines is 1. The van der Waals surface area contributed by atoms with Crippen molar-refractivity contribution >= 4 is 28.4 Å². The molecule has 0 spiro atoms. The Labute approximate surface area is 175 Å². The van der Waals surface area contributed by atoms with Crippen molar-refractivity contribution in [3.8, 4) is 0 Å². The Bertz CT molecular complexity index is 1090. The number of hydrogen-bond acceptors (Lipinski definition) is 4. The second kappa shape index (κ2) is 8.38. The van der Waals surface area contributed by atoms with Crippen LogP contribution in [-0.4, -0.2) is 64.5 Å². The number of rotatable bonds is 4. The van der Waals surface area contributed by atoms with Crippen LogP contribution in [0.25, 0.3) is 10.9 Å². The highest BCUT2D eigenvalue weighted by Gasteiger charge is 2.30. The molecule has 0 bridgehead atoms. The quantitative estimate of drug-likeness (QED) is 0.666. The van der Waals surface area contributed by atoms with Crippen LogP contribution in [-0.2, 0) is 11.0 Å². The standard InChI is InChI=1S/C21H20F3N5O2/c22-21(23,24)14-5-7-15(8-6-14)25-18(30)13-28-9-11-29(12-10-28)20(31)19-16-3-1-2-4-17(16)26-27-19/h1-8H,9-13H2,(H,25,30)(H,26,27). The van der Waals surface area contributed by atoms with Gasteiger partial charge in [-0.05, 0) is 30.3 Å². The number of halogens is 3. The number of nitrogens with one attached hydrogen (secondary N) is 2. The van der Waals surface area contributed by atoms with Crippen LogP contribution in [0.15, 0.2) is 48.5 Å². The van der Waals surface area contributed by atoms with Gasteiger partial charge in [0.25, 0.3) is 5.91 Å². The van der Waals surface area contributed by atoms with E-state index in [0.29, 0.717) is 37.6 Å². The predicted octanol–water partition coefficient (Wildman–Crippen LogP) is 2.98. The Kier molecular flexibility index (Phi) is 5.64. The van der Waals surface area contributed by atoms with E-state index in [4.69, 9.17) is 0 Å². The molecule has 0 unspecified atom stereocenters. The van der Waals surface area contributed by atoms with E-state index in [-0.39, 0.29) is 18.4 Å². The summed E-state index contributed by atoms with van der Waals surface area (Å²) in [4.78, 5) is 28.6. The average Bonchev–Trinajstić information content (AvgIpc) is 3.17. The van der Waals surface area contributed by atoms with Crippen molar-refractivity contribution in [3.05, 3.63) is 59.8 Å². The molecule has 162 valence electrons. The number of H-pyrrole nitrogens is 1. The Hall–Kier alpha value is -3.40. The van der Waals surface area contributed by atoms with Gasteiger partial charge in [0, 0.05) is 37.3 Å². The monoisotopic (exact) mass is 431 g/mol. The fourth-order valence-electron chi connectivity index (χ4n) is 3.53. The first-order valence-electron chi connectivity index (χ1n) is 9.73. The molecule has 0 atom stereocenters. The van der Waals surface area contributed by atoms with Gasteiger partial charge in [-0.3, -0.25) is 19.6 Å². The molecule has 1 aromatic heterocycles. The number of aromatic nitrogens is 2. The summed E-state index contributed by atoms with van der Waals surface area (Å²) in [5.74, 6) is -0.482. The number of carbonyl (C=O) groups excluding carboxylic acids is 2. The number of benzene rings is 2. The van der Waals surface area contributed by atoms with Crippen LogP contribution >= 0.6 is 0 Å². The number of amides is 2. The topological polar surface area (TPSA) is 81.3 Å². The van der Waals surface area contributed by atoms with E-state index in [2.05, 4.69) is 15.5 Å². The number of alkyl halides is 3. The van der Waals surface area contributed by atoms with Crippen LogP contribution in [0.2, 0.25) is 0 Å². The third-order valence-electron chi connectivity index (χ3n) is 5.20. The summed E-state index contributed by atoms with van der Waals surface area (Å²) in [6.45, 7) is 2.01. The number of para-hydroxylation sites is 1. The molecule has 1 fully saturated rings. The van der Waals surface area contributed by atoms with Crippen molar-refractivity contribution in [1.82, 2.24) is 20.0 Å². The summed E-state index contributed by atoms with van der Waals surface area (Å²) >= 11 is 0. The lowest BCUT2D eigenvalue weighted by Gasteiger charge is -2.34. The summed E-state index contributed by atoms with van der Waals surface area (Å²) in [6, 6.07) is 11.7. The van der Waals surface area contributed by atoms with Crippen molar-refractivity contribution in [3.63, 3.8) is 0 Å². The van der Waals surface area contributed by atoms with Gasteiger partial charge in [0.05, 0.1) is 17.6 Å². The number of piperazine rings is 1. The molecule has 1 saturated heterocycles. The van der Waals surface area contributed by atoms with Crippen LogP contribution in [0, 0.1) is 0 Å². The first kappa shape index (κ1) is 20.9. The Morgan fingerprint density at radius 2 is 1.68 bits per heavy atom. The van der Waals surface area contributed by atoms with Crippen LogP contribution in [0.3, 0.4) is 0 Å². The third-order valence-corrected chi connectivity index (χ3v) is 5.20. The fraction of sp³-hybridized carbons (Fsp3) is 0.286. The van der Waals surface area contributed by atoms with Crippen molar-refractivity contribution in [1.29, 1.82) is 0 Å². The molecule has 0 radical (unpaired) electrons. The minimum atomic E-state index is -4.41. The minimum absolute atomic E-state index is 0.0917. The molecule has 2 amide bonds. The molecule has 31 heavy (non-hydrogen) atoms. The third kappa shape index (κ3) is 4.69. The van der Waals surface area contributed by atoms with Crippen molar-refractivity contribution in [2.24, 2.45) is 0 Å². The van der Waals surface area contributed by atoms with Gasteiger partial charge in [-0.25, -0.2) is 0 Å². The van der Waals surface area contributed by atoms with Gasteiger partial charge in [0.15, 0.2) is 5.69 Å². The summed E-state index contributed by atoms with van der Waals surface area (Å²) in [5.41, 5.74) is 0.710. The van der Waals surface area contributed by atoms with E-state index in [9.17, 15) is 22.8 Å². The zero-order valence-corrected chi connectivity index (χ0v) is 16.4. The zero-order valence-electron chi connectivity index (χ0n) is 16.4. The van der Waals surface area contributed by atoms with Gasteiger partial charge < -0.3 is 10.2 Å². The number of nitrogens with zero attached hydrogens (tertiary/aromatic N) is 3. The average molecular weight is 431 g/mol. The number of anilines is 1. The van der Waals surface area contributed by atoms with E-state index in [1.54, 1.807) is 4.90 Å². The molecular weight excluding hydrogens is 411 g/mol. The normalized spacial score (nSPS) is 15.3. The van der Waals surface area contributed by atoms with Gasteiger partial charge in [0.2, 0.25) is 5.91 Å². The highest BCUT2D eigenvalue weighted by atomic mass is 19.4. The van der Waals surface area contributed by atoms with Crippen LogP contribution in [0.4, 0.5) is 18.9 Å². The van der Waals surface area contributed by atoms with E-state index in [1.165, 1.54) is 12.1 Å². The summed E-state index contributed by atoms with van der Waals surface area (Å²) in [6.07, 6.45) is -4.41. The second-order valence-electron chi connectivity index (χ2n) is 7.31. The fourth-order valence-corrected chi connectivity index (χ4v) is 3.53. The first-order chi connectivity index (χ1) is 14.8. The maximum Gasteiger partial charge on any atom is 0.416 e. The van der Waals surface area contributed by atoms with Gasteiger partial charge in [-0.1, -0.05) is 18.2 Å². The maximum absolute atomic E-state index is 12.8. The summed E-state index contributed by atoms with van der Waals surface area (Å²) < 4.78 is 37.9. The lowest BCUT2D eigenvalue weighted by molar-refractivity contribution is -0.137. The number of fused-ring (bicyclic) bond motifs is 1. The minimum Gasteiger partial charge on any atom is -0.335 e. The molecule has 0 aliphatic carbocycles. The number of carbonyl (C=O) groups is 2. The van der Waals surface area contributed by atoms with Crippen molar-refractivity contribution in [2.45, 2.75) is 6.18 Å². The van der Waals surface area contributed by atoms with Crippen LogP contribution in [0.1, 0.15) is 16.1 Å². The Morgan fingerprint density at radius 1 is 1.00 bits per heavy atom. The van der Waals surface area contributed by atoms with E-state index in [1.807, 2.05) is 29.2 Å². The second-order valence-corrected chi connectivity index (χ2v) is 7.31. The predicted molar refractivity (Wildman–Crippen MR) is 109 cm³/mol. The van der Waals surface area contributed by atoms with E-state index < -0.39 is 11.7 Å². The summed E-state index contributed by atoms with van der Waals surface area (Å²) in [7, 11) is 0. The van der Waals surface area contributed by atoms with Crippen molar-refractivity contribution in [2.75, 3.05) is 38.0 Å². The molecule has 2 N–H and O–H groups in total. The summed E-state index contributed by atoms with van der Waals surface area (Å²) in [5, 5.41) is 10.4. The molecular formula is C21H20F3N5O2. The molecule has 1 aliphatic heterocycles. The lowest BCUT2D eigenvalue weighted by atomic mass is 10.2. The molecule has 2 heterocycles. The van der Waals surface area contributed by atoms with Gasteiger partial charge in [-0.15, -0.1) is 0 Å². The lowest BCUT2D eigenvalue weighted by Crippen LogP contribution is -2.50. The van der Waals surface area contributed by atoms with Crippen molar-refractivity contribution < 1.29 is 22.8 Å². The molecule has 4 rings (SSSR count). The molecule has 3 aromatic rings.